The van der Waals surface area contributed by atoms with E-state index < -0.39 is 69.6 Å². The van der Waals surface area contributed by atoms with Gasteiger partial charge in [-0.25, -0.2) is 9.59 Å². The highest BCUT2D eigenvalue weighted by Gasteiger charge is 2.37. The predicted molar refractivity (Wildman–Crippen MR) is 355 cm³/mol. The maximum atomic E-state index is 15.7. The van der Waals surface area contributed by atoms with Gasteiger partial charge >= 0.3 is 11.9 Å². The number of fused-ring (bicyclic) bond motifs is 11. The molecular formula is C70H86N4O10S4. The van der Waals surface area contributed by atoms with Gasteiger partial charge in [0.15, 0.2) is 0 Å². The largest absolute Gasteiger partial charge is 0.506 e. The number of phenolic OH excluding ortho intramolecular Hbond substituents is 4. The van der Waals surface area contributed by atoms with Crippen LogP contribution in [0.3, 0.4) is 0 Å². The Morgan fingerprint density at radius 1 is 0.455 bits per heavy atom. The average Bonchev–Trinajstić information content (AvgIpc) is 1.60. The van der Waals surface area contributed by atoms with Crippen LogP contribution >= 0.6 is 45.1 Å². The molecule has 0 fully saturated rings. The summed E-state index contributed by atoms with van der Waals surface area (Å²) in [5.74, 6) is -2.81. The second-order valence-corrected chi connectivity index (χ2v) is 31.8. The van der Waals surface area contributed by atoms with E-state index in [1.807, 2.05) is 119 Å². The molecule has 0 saturated heterocycles. The lowest BCUT2D eigenvalue weighted by atomic mass is 9.85. The lowest BCUT2D eigenvalue weighted by Crippen LogP contribution is -2.53. The van der Waals surface area contributed by atoms with Gasteiger partial charge in [0.2, 0.25) is 11.8 Å². The molecule has 6 aromatic rings. The van der Waals surface area contributed by atoms with E-state index in [0.717, 1.165) is 33.4 Å². The maximum absolute atomic E-state index is 15.7. The van der Waals surface area contributed by atoms with Crippen LogP contribution in [0.1, 0.15) is 139 Å². The quantitative estimate of drug-likeness (QED) is 0.0679. The zero-order valence-corrected chi connectivity index (χ0v) is 56.4. The van der Waals surface area contributed by atoms with E-state index in [1.165, 1.54) is 59.3 Å². The van der Waals surface area contributed by atoms with Crippen LogP contribution in [0, 0.1) is 0 Å². The smallest absolute Gasteiger partial charge is 0.329 e. The van der Waals surface area contributed by atoms with Crippen molar-refractivity contribution in [3.8, 4) is 23.0 Å². The third kappa shape index (κ3) is 16.6. The Morgan fingerprint density at radius 3 is 0.955 bits per heavy atom. The Labute approximate surface area is 536 Å². The number of carbonyl (C=O) groups excluding carboxylic acids is 4. The fraction of sp³-hybridized carbons (Fsp3) is 0.429. The van der Waals surface area contributed by atoms with E-state index in [0.29, 0.717) is 41.8 Å². The van der Waals surface area contributed by atoms with Gasteiger partial charge < -0.3 is 40.5 Å². The van der Waals surface area contributed by atoms with Crippen LogP contribution in [-0.2, 0) is 89.3 Å². The van der Waals surface area contributed by atoms with E-state index in [9.17, 15) is 30.0 Å². The molecular weight excluding hydrogens is 1190 g/mol. The first kappa shape index (κ1) is 67.6. The molecule has 6 aromatic carbocycles. The third-order valence-corrected chi connectivity index (χ3v) is 20.7. The van der Waals surface area contributed by atoms with Crippen molar-refractivity contribution in [2.45, 2.75) is 188 Å². The standard InChI is InChI=1S/C70H86N4O10S4/c1-67(2,3)47-27-43-35-73-36-44-28-49(69(7,8)9)33-57(61(44)77)88-58-34-50(70(10,11)12)30-46(62(58)78)38-74(37-45-29-48(68(4,5)6)32-56(60(45)76)87-55(31-47)59(43)75)54(26-42-23-19-16-20-24-42)64(80)72-52(66(82)84-14)40-86-85-39-51(65(81)83-13)71-63(79)53(73)25-41-21-17-15-18-22-41/h15-24,27-34,51-54,75-78H,25-26,35-40H2,1-14H3,(H,71,79)(H,72,80)/t51-,52-,53-,54+/m0/s1. The van der Waals surface area contributed by atoms with Crippen LogP contribution in [-0.4, -0.2) is 104 Å². The molecule has 0 saturated carbocycles. The fourth-order valence-electron chi connectivity index (χ4n) is 10.7. The molecule has 0 spiro atoms. The van der Waals surface area contributed by atoms with E-state index >= 15 is 9.59 Å². The summed E-state index contributed by atoms with van der Waals surface area (Å²) in [6.07, 6.45) is 0.251. The minimum atomic E-state index is -1.20. The van der Waals surface area contributed by atoms with E-state index in [1.54, 1.807) is 0 Å². The lowest BCUT2D eigenvalue weighted by molar-refractivity contribution is -0.145. The summed E-state index contributed by atoms with van der Waals surface area (Å²) in [5.41, 5.74) is 5.01. The van der Waals surface area contributed by atoms with Gasteiger partial charge in [-0.05, 0) is 92.1 Å². The van der Waals surface area contributed by atoms with Crippen molar-refractivity contribution in [3.05, 3.63) is 165 Å². The second kappa shape index (κ2) is 27.9. The monoisotopic (exact) mass is 1270 g/mol. The zero-order valence-electron chi connectivity index (χ0n) is 53.1. The van der Waals surface area contributed by atoms with Crippen molar-refractivity contribution in [3.63, 3.8) is 0 Å². The van der Waals surface area contributed by atoms with Gasteiger partial charge in [0, 0.05) is 59.9 Å². The molecule has 470 valence electrons. The number of rotatable bonds is 6. The molecule has 3 aliphatic heterocycles. The number of methoxy groups -OCH3 is 2. The fourth-order valence-corrected chi connectivity index (χ4v) is 15.1. The number of esters is 2. The first-order chi connectivity index (χ1) is 41.3. The van der Waals surface area contributed by atoms with Crippen LogP contribution in [0.15, 0.2) is 129 Å². The molecule has 10 bridgehead atoms. The Morgan fingerprint density at radius 2 is 0.716 bits per heavy atom. The Bertz CT molecular complexity index is 3150. The van der Waals surface area contributed by atoms with Gasteiger partial charge in [0.25, 0.3) is 0 Å². The molecule has 0 aromatic heterocycles. The summed E-state index contributed by atoms with van der Waals surface area (Å²) >= 11 is 2.41. The molecule has 6 N–H and O–H groups in total. The van der Waals surface area contributed by atoms with Crippen molar-refractivity contribution >= 4 is 68.9 Å². The van der Waals surface area contributed by atoms with Gasteiger partial charge in [0.05, 0.1) is 45.9 Å². The highest BCUT2D eigenvalue weighted by atomic mass is 33.1. The van der Waals surface area contributed by atoms with Crippen molar-refractivity contribution in [2.24, 2.45) is 0 Å². The van der Waals surface area contributed by atoms with Gasteiger partial charge in [0.1, 0.15) is 35.1 Å². The average molecular weight is 1270 g/mol. The van der Waals surface area contributed by atoms with Crippen LogP contribution in [0.25, 0.3) is 0 Å². The molecule has 88 heavy (non-hydrogen) atoms. The van der Waals surface area contributed by atoms with Crippen molar-refractivity contribution in [1.82, 2.24) is 20.4 Å². The van der Waals surface area contributed by atoms with Gasteiger partial charge in [-0.1, -0.05) is 213 Å². The van der Waals surface area contributed by atoms with Gasteiger partial charge in [-0.15, -0.1) is 0 Å². The summed E-state index contributed by atoms with van der Waals surface area (Å²) < 4.78 is 10.7. The van der Waals surface area contributed by atoms with Crippen LogP contribution in [0.5, 0.6) is 23.0 Å². The SMILES string of the molecule is COC(=O)[C@@H]1CSSC[C@@H](C(=O)OC)NC(=O)[C@H](Cc2ccccc2)N2Cc3cc(C(C)(C)C)cc(c3O)Sc3cc(C(C)(C)C)cc(c3O)CN(Cc3cc(C(C)(C)C)cc(c3O)Sc3cc(C(C)(C)C)cc(c3O)C2)[C@H](Cc2ccccc2)C(=O)N1. The number of amides is 2. The normalized spacial score (nSPS) is 20.3. The van der Waals surface area contributed by atoms with Crippen LogP contribution < -0.4 is 10.6 Å². The number of ether oxygens (including phenoxy) is 2. The second-order valence-electron chi connectivity index (χ2n) is 27.1. The van der Waals surface area contributed by atoms with Crippen molar-refractivity contribution in [2.75, 3.05) is 25.7 Å². The van der Waals surface area contributed by atoms with Crippen LogP contribution in [0.4, 0.5) is 0 Å². The van der Waals surface area contributed by atoms with E-state index in [-0.39, 0.29) is 73.5 Å². The minimum Gasteiger partial charge on any atom is -0.506 e. The number of hydrogen-bond donors (Lipinski definition) is 6. The number of nitrogens with one attached hydrogen (secondary N) is 2. The third-order valence-electron chi connectivity index (χ3n) is 16.2. The lowest BCUT2D eigenvalue weighted by Gasteiger charge is -2.34. The summed E-state index contributed by atoms with van der Waals surface area (Å²) in [6.45, 7) is 24.8. The molecule has 18 heteroatoms. The van der Waals surface area contributed by atoms with Crippen molar-refractivity contribution < 1.29 is 49.1 Å². The summed E-state index contributed by atoms with van der Waals surface area (Å²) in [7, 11) is 4.92. The summed E-state index contributed by atoms with van der Waals surface area (Å²) in [5, 5.41) is 58.2. The Hall–Kier alpha value is -6.28. The van der Waals surface area contributed by atoms with E-state index in [2.05, 4.69) is 93.7 Å². The highest BCUT2D eigenvalue weighted by Crippen LogP contribution is 2.49. The molecule has 0 radical (unpaired) electrons. The Balaban J connectivity index is 1.52. The number of carbonyl (C=O) groups is 4. The number of phenols is 4. The van der Waals surface area contributed by atoms with E-state index in [4.69, 9.17) is 9.47 Å². The number of hydrogen-bond acceptors (Lipinski definition) is 16. The summed E-state index contributed by atoms with van der Waals surface area (Å²) in [4.78, 5) is 64.9. The number of benzene rings is 6. The molecule has 0 unspecified atom stereocenters. The Kier molecular flexibility index (Phi) is 21.4. The van der Waals surface area contributed by atoms with Crippen molar-refractivity contribution in [1.29, 1.82) is 0 Å². The summed E-state index contributed by atoms with van der Waals surface area (Å²) in [6, 6.07) is 30.0. The minimum absolute atomic E-state index is 0.00552. The molecule has 4 atom stereocenters. The molecule has 3 heterocycles. The zero-order chi connectivity index (χ0) is 64.2. The maximum Gasteiger partial charge on any atom is 0.329 e. The van der Waals surface area contributed by atoms with Gasteiger partial charge in [-0.2, -0.15) is 0 Å². The molecule has 9 rings (SSSR count). The predicted octanol–water partition coefficient (Wildman–Crippen LogP) is 13.3. The highest BCUT2D eigenvalue weighted by molar-refractivity contribution is 8.76. The molecule has 14 nitrogen and oxygen atoms in total. The van der Waals surface area contributed by atoms with Gasteiger partial charge in [-0.3, -0.25) is 19.4 Å². The topological polar surface area (TPSA) is 198 Å². The first-order valence-corrected chi connectivity index (χ1v) is 33.8. The molecule has 2 amide bonds. The van der Waals surface area contributed by atoms with Crippen LogP contribution in [0.2, 0.25) is 0 Å². The number of aromatic hydroxyl groups is 4. The molecule has 3 aliphatic rings. The first-order valence-electron chi connectivity index (χ1n) is 29.7. The number of nitrogens with zero attached hydrogens (tertiary/aromatic N) is 2. The molecule has 0 aliphatic carbocycles.